The van der Waals surface area contributed by atoms with Crippen LogP contribution in [-0.4, -0.2) is 34.7 Å². The lowest BCUT2D eigenvalue weighted by molar-refractivity contribution is 0.251. The van der Waals surface area contributed by atoms with Gasteiger partial charge in [0, 0.05) is 24.4 Å². The van der Waals surface area contributed by atoms with Crippen LogP contribution in [0.3, 0.4) is 0 Å². The van der Waals surface area contributed by atoms with Crippen molar-refractivity contribution in [2.45, 2.75) is 32.3 Å². The van der Waals surface area contributed by atoms with Crippen molar-refractivity contribution in [3.63, 3.8) is 0 Å². The highest BCUT2D eigenvalue weighted by molar-refractivity contribution is 5.29. The quantitative estimate of drug-likeness (QED) is 0.824. The van der Waals surface area contributed by atoms with Crippen LogP contribution in [0.2, 0.25) is 0 Å². The Balaban J connectivity index is 2.20. The number of aliphatic hydroxyl groups is 1. The van der Waals surface area contributed by atoms with Crippen LogP contribution in [-0.2, 0) is 13.7 Å². The van der Waals surface area contributed by atoms with Crippen LogP contribution >= 0.6 is 0 Å². The average molecular weight is 222 g/mol. The van der Waals surface area contributed by atoms with Crippen LogP contribution in [0, 0.1) is 6.92 Å². The predicted molar refractivity (Wildman–Crippen MR) is 65.5 cm³/mol. The smallest absolute Gasteiger partial charge is 0.0699 e. The number of hydrogen-bond donors (Lipinski definition) is 1. The molecule has 3 heteroatoms. The standard InChI is InChI=1S/C13H22N2O/c1-10-12(9-16)8-13(15(10)3)11-4-6-14(2)7-5-11/h8,11,16H,4-7,9H2,1-3H3. The zero-order chi connectivity index (χ0) is 11.7. The third-order valence-corrected chi connectivity index (χ3v) is 3.98. The van der Waals surface area contributed by atoms with Gasteiger partial charge in [0.15, 0.2) is 0 Å². The number of piperidine rings is 1. The van der Waals surface area contributed by atoms with E-state index >= 15 is 0 Å². The molecule has 0 spiro atoms. The van der Waals surface area contributed by atoms with E-state index in [9.17, 15) is 5.11 Å². The molecule has 2 rings (SSSR count). The van der Waals surface area contributed by atoms with Crippen molar-refractivity contribution >= 4 is 0 Å². The second kappa shape index (κ2) is 4.60. The van der Waals surface area contributed by atoms with E-state index in [4.69, 9.17) is 0 Å². The van der Waals surface area contributed by atoms with Crippen molar-refractivity contribution in [2.75, 3.05) is 20.1 Å². The van der Waals surface area contributed by atoms with E-state index in [1.54, 1.807) is 0 Å². The molecule has 0 saturated carbocycles. The molecule has 16 heavy (non-hydrogen) atoms. The lowest BCUT2D eigenvalue weighted by atomic mass is 9.93. The zero-order valence-corrected chi connectivity index (χ0v) is 10.5. The van der Waals surface area contributed by atoms with Gasteiger partial charge in [0.2, 0.25) is 0 Å². The predicted octanol–water partition coefficient (Wildman–Crippen LogP) is 1.64. The Bertz CT molecular complexity index is 362. The van der Waals surface area contributed by atoms with Crippen molar-refractivity contribution in [3.05, 3.63) is 23.0 Å². The second-order valence-electron chi connectivity index (χ2n) is 4.97. The molecule has 1 aromatic rings. The molecule has 90 valence electrons. The molecule has 1 aromatic heterocycles. The van der Waals surface area contributed by atoms with Crippen LogP contribution in [0.1, 0.15) is 35.7 Å². The van der Waals surface area contributed by atoms with Gasteiger partial charge in [-0.05, 0) is 51.5 Å². The minimum Gasteiger partial charge on any atom is -0.392 e. The van der Waals surface area contributed by atoms with Crippen LogP contribution in [0.25, 0.3) is 0 Å². The summed E-state index contributed by atoms with van der Waals surface area (Å²) in [4.78, 5) is 2.39. The maximum atomic E-state index is 9.28. The molecule has 1 N–H and O–H groups in total. The van der Waals surface area contributed by atoms with Gasteiger partial charge < -0.3 is 14.6 Å². The Morgan fingerprint density at radius 2 is 1.94 bits per heavy atom. The van der Waals surface area contributed by atoms with Gasteiger partial charge in [0.25, 0.3) is 0 Å². The van der Waals surface area contributed by atoms with Gasteiger partial charge in [-0.25, -0.2) is 0 Å². The Kier molecular flexibility index (Phi) is 3.36. The van der Waals surface area contributed by atoms with Crippen molar-refractivity contribution in [2.24, 2.45) is 7.05 Å². The summed E-state index contributed by atoms with van der Waals surface area (Å²) in [6, 6.07) is 2.19. The molecular formula is C13H22N2O. The normalized spacial score (nSPS) is 19.2. The second-order valence-corrected chi connectivity index (χ2v) is 4.97. The van der Waals surface area contributed by atoms with Gasteiger partial charge in [-0.2, -0.15) is 0 Å². The third-order valence-electron chi connectivity index (χ3n) is 3.98. The van der Waals surface area contributed by atoms with Crippen molar-refractivity contribution in [3.8, 4) is 0 Å². The van der Waals surface area contributed by atoms with E-state index in [1.165, 1.54) is 37.3 Å². The Morgan fingerprint density at radius 3 is 2.44 bits per heavy atom. The fourth-order valence-corrected chi connectivity index (χ4v) is 2.64. The largest absolute Gasteiger partial charge is 0.392 e. The monoisotopic (exact) mass is 222 g/mol. The highest BCUT2D eigenvalue weighted by atomic mass is 16.3. The van der Waals surface area contributed by atoms with Crippen molar-refractivity contribution in [1.82, 2.24) is 9.47 Å². The summed E-state index contributed by atoms with van der Waals surface area (Å²) < 4.78 is 2.25. The topological polar surface area (TPSA) is 28.4 Å². The minimum atomic E-state index is 0.159. The van der Waals surface area contributed by atoms with Gasteiger partial charge in [0.1, 0.15) is 0 Å². The number of aromatic nitrogens is 1. The molecule has 0 atom stereocenters. The minimum absolute atomic E-state index is 0.159. The van der Waals surface area contributed by atoms with Gasteiger partial charge >= 0.3 is 0 Å². The fourth-order valence-electron chi connectivity index (χ4n) is 2.64. The lowest BCUT2D eigenvalue weighted by Gasteiger charge is -2.29. The van der Waals surface area contributed by atoms with Crippen molar-refractivity contribution in [1.29, 1.82) is 0 Å². The molecule has 2 heterocycles. The molecule has 1 aliphatic heterocycles. The maximum Gasteiger partial charge on any atom is 0.0699 e. The average Bonchev–Trinajstić information content (AvgIpc) is 2.57. The first-order valence-corrected chi connectivity index (χ1v) is 6.08. The third kappa shape index (κ3) is 2.02. The molecule has 3 nitrogen and oxygen atoms in total. The van der Waals surface area contributed by atoms with E-state index in [-0.39, 0.29) is 6.61 Å². The van der Waals surface area contributed by atoms with Crippen molar-refractivity contribution < 1.29 is 5.11 Å². The number of rotatable bonds is 2. The highest BCUT2D eigenvalue weighted by Gasteiger charge is 2.22. The molecule has 1 fully saturated rings. The maximum absolute atomic E-state index is 9.28. The van der Waals surface area contributed by atoms with Crippen LogP contribution < -0.4 is 0 Å². The first-order valence-electron chi connectivity index (χ1n) is 6.08. The summed E-state index contributed by atoms with van der Waals surface area (Å²) in [7, 11) is 4.30. The number of likely N-dealkylation sites (tertiary alicyclic amines) is 1. The van der Waals surface area contributed by atoms with E-state index < -0.39 is 0 Å². The van der Waals surface area contributed by atoms with Gasteiger partial charge in [-0.3, -0.25) is 0 Å². The molecular weight excluding hydrogens is 200 g/mol. The van der Waals surface area contributed by atoms with Gasteiger partial charge in [-0.1, -0.05) is 0 Å². The van der Waals surface area contributed by atoms with Crippen LogP contribution in [0.5, 0.6) is 0 Å². The number of hydrogen-bond acceptors (Lipinski definition) is 2. The van der Waals surface area contributed by atoms with E-state index in [1.807, 2.05) is 0 Å². The highest BCUT2D eigenvalue weighted by Crippen LogP contribution is 2.30. The summed E-state index contributed by atoms with van der Waals surface area (Å²) in [5, 5.41) is 9.28. The van der Waals surface area contributed by atoms with Crippen LogP contribution in [0.4, 0.5) is 0 Å². The Hall–Kier alpha value is -0.800. The zero-order valence-electron chi connectivity index (χ0n) is 10.5. The first kappa shape index (κ1) is 11.7. The Labute approximate surface area is 97.7 Å². The summed E-state index contributed by atoms with van der Waals surface area (Å²) in [6.07, 6.45) is 2.47. The molecule has 1 saturated heterocycles. The van der Waals surface area contributed by atoms with Crippen LogP contribution in [0.15, 0.2) is 6.07 Å². The number of aliphatic hydroxyl groups excluding tert-OH is 1. The molecule has 0 aliphatic carbocycles. The number of nitrogens with zero attached hydrogens (tertiary/aromatic N) is 2. The fraction of sp³-hybridized carbons (Fsp3) is 0.692. The summed E-state index contributed by atoms with van der Waals surface area (Å²) in [6.45, 7) is 4.61. The van der Waals surface area contributed by atoms with E-state index in [2.05, 4.69) is 36.6 Å². The van der Waals surface area contributed by atoms with E-state index in [0.717, 1.165) is 5.56 Å². The lowest BCUT2D eigenvalue weighted by Crippen LogP contribution is -2.29. The van der Waals surface area contributed by atoms with E-state index in [0.29, 0.717) is 5.92 Å². The molecule has 1 aliphatic rings. The first-order chi connectivity index (χ1) is 7.63. The molecule has 0 aromatic carbocycles. The molecule has 0 unspecified atom stereocenters. The summed E-state index contributed by atoms with van der Waals surface area (Å²) >= 11 is 0. The molecule has 0 bridgehead atoms. The summed E-state index contributed by atoms with van der Waals surface area (Å²) in [5.41, 5.74) is 3.68. The van der Waals surface area contributed by atoms with Gasteiger partial charge in [0.05, 0.1) is 6.61 Å². The molecule has 0 amide bonds. The summed E-state index contributed by atoms with van der Waals surface area (Å²) in [5.74, 6) is 0.667. The van der Waals surface area contributed by atoms with Gasteiger partial charge in [-0.15, -0.1) is 0 Å². The SMILES string of the molecule is Cc1c(CO)cc(C2CCN(C)CC2)n1C. The Morgan fingerprint density at radius 1 is 1.31 bits per heavy atom. The molecule has 0 radical (unpaired) electrons.